The summed E-state index contributed by atoms with van der Waals surface area (Å²) < 4.78 is 5.55. The Labute approximate surface area is 122 Å². The normalized spacial score (nSPS) is 22.8. The lowest BCUT2D eigenvalue weighted by Crippen LogP contribution is -2.23. The minimum Gasteiger partial charge on any atom is -0.378 e. The molecule has 1 aliphatic rings. The first-order valence-corrected chi connectivity index (χ1v) is 7.71. The van der Waals surface area contributed by atoms with Crippen LogP contribution in [0.4, 0.5) is 0 Å². The van der Waals surface area contributed by atoms with Gasteiger partial charge in [0.05, 0.1) is 12.0 Å². The summed E-state index contributed by atoms with van der Waals surface area (Å²) >= 11 is 0. The van der Waals surface area contributed by atoms with E-state index in [2.05, 4.69) is 39.8 Å². The van der Waals surface area contributed by atoms with Crippen LogP contribution in [0.5, 0.6) is 0 Å². The summed E-state index contributed by atoms with van der Waals surface area (Å²) in [6.07, 6.45) is 0.899. The van der Waals surface area contributed by atoms with E-state index < -0.39 is 0 Å². The Morgan fingerprint density at radius 3 is 2.40 bits per heavy atom. The molecule has 0 amide bonds. The van der Waals surface area contributed by atoms with Crippen molar-refractivity contribution >= 4 is 5.78 Å². The number of Topliss-reactive ketones (excluding diaryl/α,β-unsaturated/α-hetero) is 1. The molecule has 1 heterocycles. The fourth-order valence-electron chi connectivity index (χ4n) is 2.92. The summed E-state index contributed by atoms with van der Waals surface area (Å²) in [5.41, 5.74) is 3.38. The minimum atomic E-state index is 0.0254. The average Bonchev–Trinajstić information content (AvgIpc) is 2.83. The first-order valence-electron chi connectivity index (χ1n) is 7.71. The maximum Gasteiger partial charge on any atom is 0.168 e. The van der Waals surface area contributed by atoms with Crippen molar-refractivity contribution in [2.75, 3.05) is 6.61 Å². The molecule has 0 radical (unpaired) electrons. The number of hydrogen-bond donors (Lipinski definition) is 0. The monoisotopic (exact) mass is 274 g/mol. The molecule has 110 valence electrons. The van der Waals surface area contributed by atoms with Gasteiger partial charge in [-0.3, -0.25) is 4.79 Å². The van der Waals surface area contributed by atoms with Crippen LogP contribution >= 0.6 is 0 Å². The van der Waals surface area contributed by atoms with Crippen molar-refractivity contribution < 1.29 is 9.53 Å². The molecule has 0 bridgehead atoms. The van der Waals surface area contributed by atoms with E-state index in [9.17, 15) is 4.79 Å². The van der Waals surface area contributed by atoms with Gasteiger partial charge in [0.15, 0.2) is 5.78 Å². The molecule has 0 saturated carbocycles. The van der Waals surface area contributed by atoms with Gasteiger partial charge in [-0.1, -0.05) is 45.9 Å². The smallest absolute Gasteiger partial charge is 0.168 e. The fourth-order valence-corrected chi connectivity index (χ4v) is 2.92. The number of ether oxygens (including phenoxy) is 1. The lowest BCUT2D eigenvalue weighted by Gasteiger charge is -2.19. The minimum absolute atomic E-state index is 0.0254. The zero-order chi connectivity index (χ0) is 14.9. The second-order valence-electron chi connectivity index (χ2n) is 6.49. The number of hydrogen-bond acceptors (Lipinski definition) is 2. The summed E-state index contributed by atoms with van der Waals surface area (Å²) in [5, 5.41) is 0. The van der Waals surface area contributed by atoms with Crippen LogP contribution in [0, 0.1) is 5.92 Å². The highest BCUT2D eigenvalue weighted by Gasteiger charge is 2.32. The summed E-state index contributed by atoms with van der Waals surface area (Å²) in [5.74, 6) is 1.14. The first-order chi connectivity index (χ1) is 9.41. The molecule has 2 heteroatoms. The van der Waals surface area contributed by atoms with E-state index >= 15 is 0 Å². The Kier molecular flexibility index (Phi) is 4.64. The molecule has 2 rings (SSSR count). The van der Waals surface area contributed by atoms with Crippen LogP contribution in [-0.4, -0.2) is 18.5 Å². The molecule has 0 spiro atoms. The molecular weight excluding hydrogens is 248 g/mol. The zero-order valence-electron chi connectivity index (χ0n) is 13.3. The second kappa shape index (κ2) is 6.09. The van der Waals surface area contributed by atoms with Crippen molar-refractivity contribution in [3.05, 3.63) is 34.9 Å². The SMILES string of the molecule is CC(C)c1ccc(C(=O)C2CCOC2C)c(C(C)C)c1. The third kappa shape index (κ3) is 2.95. The molecule has 0 aromatic heterocycles. The Bertz CT molecular complexity index is 488. The number of benzene rings is 1. The number of rotatable bonds is 4. The first kappa shape index (κ1) is 15.2. The van der Waals surface area contributed by atoms with Crippen LogP contribution in [0.3, 0.4) is 0 Å². The molecule has 1 aliphatic heterocycles. The maximum atomic E-state index is 12.8. The summed E-state index contributed by atoms with van der Waals surface area (Å²) in [6, 6.07) is 6.34. The van der Waals surface area contributed by atoms with Gasteiger partial charge in [0.25, 0.3) is 0 Å². The predicted octanol–water partition coefficient (Wildman–Crippen LogP) is 4.54. The molecule has 2 nitrogen and oxygen atoms in total. The molecule has 0 N–H and O–H groups in total. The van der Waals surface area contributed by atoms with Crippen molar-refractivity contribution in [3.63, 3.8) is 0 Å². The molecule has 2 unspecified atom stereocenters. The van der Waals surface area contributed by atoms with Gasteiger partial charge in [0.2, 0.25) is 0 Å². The van der Waals surface area contributed by atoms with Gasteiger partial charge in [-0.25, -0.2) is 0 Å². The van der Waals surface area contributed by atoms with Crippen molar-refractivity contribution in [3.8, 4) is 0 Å². The van der Waals surface area contributed by atoms with Crippen LogP contribution < -0.4 is 0 Å². The van der Waals surface area contributed by atoms with E-state index in [4.69, 9.17) is 4.74 Å². The van der Waals surface area contributed by atoms with Gasteiger partial charge in [-0.05, 0) is 36.3 Å². The summed E-state index contributed by atoms with van der Waals surface area (Å²) in [7, 11) is 0. The molecule has 2 atom stereocenters. The number of carbonyl (C=O) groups excluding carboxylic acids is 1. The van der Waals surface area contributed by atoms with Gasteiger partial charge in [0, 0.05) is 12.2 Å². The van der Waals surface area contributed by atoms with E-state index in [1.807, 2.05) is 13.0 Å². The van der Waals surface area contributed by atoms with Gasteiger partial charge < -0.3 is 4.74 Å². The number of carbonyl (C=O) groups is 1. The fraction of sp³-hybridized carbons (Fsp3) is 0.611. The molecule has 0 aliphatic carbocycles. The van der Waals surface area contributed by atoms with Crippen LogP contribution in [0.25, 0.3) is 0 Å². The van der Waals surface area contributed by atoms with Gasteiger partial charge in [-0.2, -0.15) is 0 Å². The summed E-state index contributed by atoms with van der Waals surface area (Å²) in [6.45, 7) is 11.4. The maximum absolute atomic E-state index is 12.8. The van der Waals surface area contributed by atoms with Crippen LogP contribution in [0.2, 0.25) is 0 Å². The van der Waals surface area contributed by atoms with Crippen LogP contribution in [-0.2, 0) is 4.74 Å². The van der Waals surface area contributed by atoms with Crippen molar-refractivity contribution in [2.24, 2.45) is 5.92 Å². The largest absolute Gasteiger partial charge is 0.378 e. The molecule has 1 fully saturated rings. The quantitative estimate of drug-likeness (QED) is 0.753. The van der Waals surface area contributed by atoms with Gasteiger partial charge in [0.1, 0.15) is 0 Å². The van der Waals surface area contributed by atoms with Crippen LogP contribution in [0.15, 0.2) is 18.2 Å². The molecule has 1 aromatic carbocycles. The molecule has 20 heavy (non-hydrogen) atoms. The molecule has 1 aromatic rings. The average molecular weight is 274 g/mol. The van der Waals surface area contributed by atoms with Crippen molar-refractivity contribution in [1.29, 1.82) is 0 Å². The van der Waals surface area contributed by atoms with Gasteiger partial charge >= 0.3 is 0 Å². The number of ketones is 1. The third-order valence-corrected chi connectivity index (χ3v) is 4.34. The van der Waals surface area contributed by atoms with E-state index in [0.717, 1.165) is 12.0 Å². The van der Waals surface area contributed by atoms with E-state index in [1.54, 1.807) is 0 Å². The van der Waals surface area contributed by atoms with E-state index in [-0.39, 0.29) is 17.8 Å². The predicted molar refractivity (Wildman–Crippen MR) is 82.5 cm³/mol. The topological polar surface area (TPSA) is 26.3 Å². The summed E-state index contributed by atoms with van der Waals surface area (Å²) in [4.78, 5) is 12.8. The van der Waals surface area contributed by atoms with Crippen LogP contribution in [0.1, 0.15) is 74.4 Å². The highest BCUT2D eigenvalue weighted by molar-refractivity contribution is 6.00. The van der Waals surface area contributed by atoms with E-state index in [0.29, 0.717) is 18.4 Å². The van der Waals surface area contributed by atoms with Crippen molar-refractivity contribution in [2.45, 2.75) is 59.0 Å². The zero-order valence-corrected chi connectivity index (χ0v) is 13.3. The molecule has 1 saturated heterocycles. The molecular formula is C18H26O2. The Morgan fingerprint density at radius 2 is 1.90 bits per heavy atom. The Morgan fingerprint density at radius 1 is 1.20 bits per heavy atom. The lowest BCUT2D eigenvalue weighted by atomic mass is 9.85. The van der Waals surface area contributed by atoms with E-state index in [1.165, 1.54) is 11.1 Å². The Balaban J connectivity index is 2.37. The Hall–Kier alpha value is -1.15. The van der Waals surface area contributed by atoms with Crippen molar-refractivity contribution in [1.82, 2.24) is 0 Å². The standard InChI is InChI=1S/C18H26O2/c1-11(2)14-6-7-16(17(10-14)12(3)4)18(19)15-8-9-20-13(15)5/h6-7,10-13,15H,8-9H2,1-5H3. The highest BCUT2D eigenvalue weighted by Crippen LogP contribution is 2.30. The third-order valence-electron chi connectivity index (χ3n) is 4.34. The highest BCUT2D eigenvalue weighted by atomic mass is 16.5. The van der Waals surface area contributed by atoms with Gasteiger partial charge in [-0.15, -0.1) is 0 Å². The second-order valence-corrected chi connectivity index (χ2v) is 6.49. The lowest BCUT2D eigenvalue weighted by molar-refractivity contribution is 0.0763.